The van der Waals surface area contributed by atoms with Gasteiger partial charge in [-0.15, -0.1) is 0 Å². The summed E-state index contributed by atoms with van der Waals surface area (Å²) in [5.41, 5.74) is 5.01. The van der Waals surface area contributed by atoms with Crippen molar-refractivity contribution in [2.24, 2.45) is 11.7 Å². The van der Waals surface area contributed by atoms with Crippen LogP contribution in [0.3, 0.4) is 0 Å². The van der Waals surface area contributed by atoms with Gasteiger partial charge in [-0.05, 0) is 19.8 Å². The largest absolute Gasteiger partial charge is 0.469 e. The van der Waals surface area contributed by atoms with Gasteiger partial charge in [-0.3, -0.25) is 9.59 Å². The first-order valence-corrected chi connectivity index (χ1v) is 7.70. The lowest BCUT2D eigenvalue weighted by Crippen LogP contribution is -2.44. The highest BCUT2D eigenvalue weighted by molar-refractivity contribution is 7.90. The minimum atomic E-state index is -3.67. The number of ether oxygens (including phenoxy) is 1. The van der Waals surface area contributed by atoms with Crippen LogP contribution in [0.15, 0.2) is 0 Å². The number of methoxy groups -OCH3 is 1. The van der Waals surface area contributed by atoms with E-state index in [1.807, 2.05) is 0 Å². The number of amides is 1. The normalized spacial score (nSPS) is 24.9. The Morgan fingerprint density at radius 2 is 2.05 bits per heavy atom. The van der Waals surface area contributed by atoms with Gasteiger partial charge < -0.3 is 10.5 Å². The summed E-state index contributed by atoms with van der Waals surface area (Å²) in [7, 11) is -2.42. The van der Waals surface area contributed by atoms with Crippen molar-refractivity contribution in [3.63, 3.8) is 0 Å². The van der Waals surface area contributed by atoms with Gasteiger partial charge in [-0.25, -0.2) is 13.1 Å². The molecule has 1 saturated carbocycles. The van der Waals surface area contributed by atoms with E-state index in [1.54, 1.807) is 6.92 Å². The number of nitrogens with one attached hydrogen (secondary N) is 1. The molecule has 1 fully saturated rings. The van der Waals surface area contributed by atoms with Gasteiger partial charge in [-0.2, -0.15) is 0 Å². The second-order valence-electron chi connectivity index (χ2n) is 4.83. The number of nitrogens with two attached hydrogens (primary N) is 1. The fourth-order valence-electron chi connectivity index (χ4n) is 2.43. The van der Waals surface area contributed by atoms with Crippen molar-refractivity contribution in [1.29, 1.82) is 0 Å². The highest BCUT2D eigenvalue weighted by atomic mass is 32.2. The number of primary amides is 1. The molecule has 8 heteroatoms. The average molecular weight is 292 g/mol. The van der Waals surface area contributed by atoms with Crippen LogP contribution in [0, 0.1) is 5.92 Å². The third-order valence-electron chi connectivity index (χ3n) is 3.23. The van der Waals surface area contributed by atoms with Crippen molar-refractivity contribution in [2.75, 3.05) is 7.11 Å². The Labute approximate surface area is 112 Å². The minimum Gasteiger partial charge on any atom is -0.469 e. The van der Waals surface area contributed by atoms with Crippen molar-refractivity contribution in [3.8, 4) is 0 Å². The van der Waals surface area contributed by atoms with Crippen LogP contribution >= 0.6 is 0 Å². The van der Waals surface area contributed by atoms with Crippen LogP contribution in [-0.2, 0) is 24.3 Å². The summed E-state index contributed by atoms with van der Waals surface area (Å²) in [6.45, 7) is 1.56. The highest BCUT2D eigenvalue weighted by Gasteiger charge is 2.42. The number of carbonyl (C=O) groups is 2. The van der Waals surface area contributed by atoms with Crippen LogP contribution < -0.4 is 10.5 Å². The fourth-order valence-corrected chi connectivity index (χ4v) is 4.41. The zero-order valence-corrected chi connectivity index (χ0v) is 11.9. The van der Waals surface area contributed by atoms with Crippen LogP contribution in [-0.4, -0.2) is 38.7 Å². The molecular weight excluding hydrogens is 272 g/mol. The molecule has 1 aliphatic carbocycles. The Bertz CT molecular complexity index is 448. The van der Waals surface area contributed by atoms with Gasteiger partial charge >= 0.3 is 5.97 Å². The maximum absolute atomic E-state index is 12.2. The van der Waals surface area contributed by atoms with Crippen molar-refractivity contribution < 1.29 is 22.7 Å². The molecule has 1 amide bonds. The van der Waals surface area contributed by atoms with E-state index in [9.17, 15) is 18.0 Å². The Balaban J connectivity index is 2.76. The van der Waals surface area contributed by atoms with Gasteiger partial charge in [0.25, 0.3) is 0 Å². The average Bonchev–Trinajstić information content (AvgIpc) is 2.75. The van der Waals surface area contributed by atoms with Crippen molar-refractivity contribution >= 4 is 21.9 Å². The van der Waals surface area contributed by atoms with Crippen LogP contribution in [0.2, 0.25) is 0 Å². The van der Waals surface area contributed by atoms with E-state index in [0.29, 0.717) is 19.3 Å². The molecule has 1 rings (SSSR count). The summed E-state index contributed by atoms with van der Waals surface area (Å²) in [4.78, 5) is 22.3. The summed E-state index contributed by atoms with van der Waals surface area (Å²) >= 11 is 0. The molecule has 0 aliphatic heterocycles. The van der Waals surface area contributed by atoms with E-state index < -0.39 is 39.1 Å². The quantitative estimate of drug-likeness (QED) is 0.641. The van der Waals surface area contributed by atoms with Crippen molar-refractivity contribution in [3.05, 3.63) is 0 Å². The monoisotopic (exact) mass is 292 g/mol. The van der Waals surface area contributed by atoms with Gasteiger partial charge in [0, 0.05) is 12.5 Å². The standard InChI is InChI=1S/C11H20N2O5S/c1-7(6-10(12)14)13-19(16,17)9-5-3-4-8(9)11(15)18-2/h7-9,13H,3-6H2,1-2H3,(H2,12,14). The maximum Gasteiger partial charge on any atom is 0.310 e. The Morgan fingerprint density at radius 1 is 1.42 bits per heavy atom. The Kier molecular flexibility index (Phi) is 5.30. The van der Waals surface area contributed by atoms with Gasteiger partial charge in [0.2, 0.25) is 15.9 Å². The molecule has 0 spiro atoms. The number of rotatable bonds is 6. The number of esters is 1. The molecule has 19 heavy (non-hydrogen) atoms. The summed E-state index contributed by atoms with van der Waals surface area (Å²) in [6, 6.07) is -0.582. The number of hydrogen-bond donors (Lipinski definition) is 2. The van der Waals surface area contributed by atoms with Gasteiger partial charge in [0.15, 0.2) is 0 Å². The molecule has 0 saturated heterocycles. The van der Waals surface area contributed by atoms with E-state index in [-0.39, 0.29) is 6.42 Å². The Hall–Kier alpha value is -1.15. The van der Waals surface area contributed by atoms with E-state index >= 15 is 0 Å². The molecule has 3 unspecified atom stereocenters. The molecule has 0 radical (unpaired) electrons. The highest BCUT2D eigenvalue weighted by Crippen LogP contribution is 2.31. The maximum atomic E-state index is 12.2. The summed E-state index contributed by atoms with van der Waals surface area (Å²) < 4.78 is 31.4. The summed E-state index contributed by atoms with van der Waals surface area (Å²) in [5.74, 6) is -1.72. The van der Waals surface area contributed by atoms with Crippen LogP contribution in [0.5, 0.6) is 0 Å². The molecule has 0 aromatic rings. The molecular formula is C11H20N2O5S. The molecule has 110 valence electrons. The van der Waals surface area contributed by atoms with E-state index in [2.05, 4.69) is 9.46 Å². The topological polar surface area (TPSA) is 116 Å². The lowest BCUT2D eigenvalue weighted by atomic mass is 10.1. The first-order chi connectivity index (χ1) is 8.77. The molecule has 0 aromatic carbocycles. The molecule has 0 bridgehead atoms. The van der Waals surface area contributed by atoms with Crippen molar-refractivity contribution in [1.82, 2.24) is 4.72 Å². The van der Waals surface area contributed by atoms with Crippen LogP contribution in [0.25, 0.3) is 0 Å². The van der Waals surface area contributed by atoms with Crippen molar-refractivity contribution in [2.45, 2.75) is 43.9 Å². The second-order valence-corrected chi connectivity index (χ2v) is 6.76. The SMILES string of the molecule is COC(=O)C1CCCC1S(=O)(=O)NC(C)CC(N)=O. The van der Waals surface area contributed by atoms with Crippen LogP contribution in [0.1, 0.15) is 32.6 Å². The van der Waals surface area contributed by atoms with Gasteiger partial charge in [0.1, 0.15) is 0 Å². The van der Waals surface area contributed by atoms with E-state index in [1.165, 1.54) is 7.11 Å². The zero-order valence-electron chi connectivity index (χ0n) is 11.1. The molecule has 3 N–H and O–H groups in total. The van der Waals surface area contributed by atoms with Gasteiger partial charge in [-0.1, -0.05) is 6.42 Å². The third kappa shape index (κ3) is 4.17. The predicted octanol–water partition coefficient (Wildman–Crippen LogP) is -0.489. The fraction of sp³-hybridized carbons (Fsp3) is 0.818. The second kappa shape index (κ2) is 6.33. The molecule has 1 aliphatic rings. The number of carbonyl (C=O) groups excluding carboxylic acids is 2. The molecule has 0 aromatic heterocycles. The molecule has 7 nitrogen and oxygen atoms in total. The van der Waals surface area contributed by atoms with Gasteiger partial charge in [0.05, 0.1) is 18.3 Å². The van der Waals surface area contributed by atoms with Crippen LogP contribution in [0.4, 0.5) is 0 Å². The zero-order chi connectivity index (χ0) is 14.6. The smallest absolute Gasteiger partial charge is 0.310 e. The summed E-state index contributed by atoms with van der Waals surface area (Å²) in [5, 5.41) is -0.796. The van der Waals surface area contributed by atoms with E-state index in [0.717, 1.165) is 0 Å². The summed E-state index contributed by atoms with van der Waals surface area (Å²) in [6.07, 6.45) is 1.51. The Morgan fingerprint density at radius 3 is 2.58 bits per heavy atom. The lowest BCUT2D eigenvalue weighted by Gasteiger charge is -2.21. The molecule has 0 heterocycles. The molecule has 3 atom stereocenters. The number of sulfonamides is 1. The predicted molar refractivity (Wildman–Crippen MR) is 68.5 cm³/mol. The lowest BCUT2D eigenvalue weighted by molar-refractivity contribution is -0.145. The first-order valence-electron chi connectivity index (χ1n) is 6.15. The minimum absolute atomic E-state index is 0.0746. The number of hydrogen-bond acceptors (Lipinski definition) is 5. The first kappa shape index (κ1) is 15.9. The van der Waals surface area contributed by atoms with E-state index in [4.69, 9.17) is 5.73 Å². The third-order valence-corrected chi connectivity index (χ3v) is 5.32.